The summed E-state index contributed by atoms with van der Waals surface area (Å²) in [6.45, 7) is 1.03. The third-order valence-electron chi connectivity index (χ3n) is 6.83. The van der Waals surface area contributed by atoms with E-state index in [0.29, 0.717) is 17.2 Å². The molecule has 0 bridgehead atoms. The maximum Gasteiger partial charge on any atom is 0.416 e. The number of methoxy groups -OCH3 is 1. The Morgan fingerprint density at radius 2 is 1.76 bits per heavy atom. The van der Waals surface area contributed by atoms with Gasteiger partial charge in [0.1, 0.15) is 5.75 Å². The van der Waals surface area contributed by atoms with Crippen LogP contribution in [0.4, 0.5) is 35.2 Å². The number of halogens is 3. The highest BCUT2D eigenvalue weighted by molar-refractivity contribution is 6.00. The molecule has 13 heteroatoms. The Balaban J connectivity index is 1.38. The van der Waals surface area contributed by atoms with E-state index in [-0.39, 0.29) is 29.7 Å². The number of carbonyl (C=O) groups excluding carboxylic acids is 2. The van der Waals surface area contributed by atoms with Crippen LogP contribution in [0.15, 0.2) is 53.2 Å². The Labute approximate surface area is 235 Å². The molecule has 220 valence electrons. The Morgan fingerprint density at radius 1 is 1.05 bits per heavy atom. The van der Waals surface area contributed by atoms with Crippen LogP contribution in [-0.4, -0.2) is 49.9 Å². The molecule has 1 saturated carbocycles. The summed E-state index contributed by atoms with van der Waals surface area (Å²) >= 11 is 0. The van der Waals surface area contributed by atoms with Gasteiger partial charge in [0.25, 0.3) is 6.20 Å². The van der Waals surface area contributed by atoms with Crippen LogP contribution in [0.3, 0.4) is 0 Å². The average molecular weight is 576 g/mol. The molecular formula is C28H34F3N6O4+. The molecule has 1 aliphatic carbocycles. The van der Waals surface area contributed by atoms with E-state index in [2.05, 4.69) is 40.2 Å². The Bertz CT molecular complexity index is 1350. The molecule has 1 fully saturated rings. The third kappa shape index (κ3) is 8.68. The summed E-state index contributed by atoms with van der Waals surface area (Å²) in [6, 6.07) is 8.93. The normalized spacial score (nSPS) is 17.2. The van der Waals surface area contributed by atoms with Crippen molar-refractivity contribution in [1.29, 1.82) is 0 Å². The molecule has 1 aromatic heterocycles. The zero-order chi connectivity index (χ0) is 29.6. The van der Waals surface area contributed by atoms with Crippen LogP contribution in [0.2, 0.25) is 0 Å². The quantitative estimate of drug-likeness (QED) is 0.306. The topological polar surface area (TPSA) is 113 Å². The van der Waals surface area contributed by atoms with Crippen molar-refractivity contribution in [2.75, 3.05) is 43.7 Å². The number of amides is 3. The molecule has 0 unspecified atom stereocenters. The number of aromatic nitrogens is 2. The molecule has 0 radical (unpaired) electrons. The van der Waals surface area contributed by atoms with Gasteiger partial charge in [-0.15, -0.1) is 0 Å². The molecule has 3 amide bonds. The van der Waals surface area contributed by atoms with Crippen LogP contribution < -0.4 is 25.4 Å². The molecule has 3 N–H and O–H groups in total. The predicted octanol–water partition coefficient (Wildman–Crippen LogP) is 5.11. The van der Waals surface area contributed by atoms with Gasteiger partial charge in [-0.3, -0.25) is 14.6 Å². The van der Waals surface area contributed by atoms with Crippen molar-refractivity contribution >= 4 is 29.2 Å². The first-order valence-electron chi connectivity index (χ1n) is 13.2. The lowest BCUT2D eigenvalue weighted by atomic mass is 9.86. The highest BCUT2D eigenvalue weighted by Gasteiger charge is 2.32. The van der Waals surface area contributed by atoms with Crippen molar-refractivity contribution in [2.45, 2.75) is 44.3 Å². The van der Waals surface area contributed by atoms with Gasteiger partial charge in [-0.05, 0) is 73.4 Å². The summed E-state index contributed by atoms with van der Waals surface area (Å²) in [5, 5.41) is 11.3. The minimum Gasteiger partial charge on any atom is -0.497 e. The molecule has 0 aliphatic heterocycles. The van der Waals surface area contributed by atoms with Crippen LogP contribution in [0.5, 0.6) is 5.75 Å². The molecule has 0 spiro atoms. The lowest BCUT2D eigenvalue weighted by Crippen LogP contribution is -2.43. The Morgan fingerprint density at radius 3 is 2.41 bits per heavy atom. The smallest absolute Gasteiger partial charge is 0.416 e. The van der Waals surface area contributed by atoms with E-state index < -0.39 is 23.7 Å². The molecule has 3 aromatic rings. The molecule has 1 aliphatic rings. The molecule has 1 heterocycles. The molecule has 0 atom stereocenters. The van der Waals surface area contributed by atoms with Gasteiger partial charge < -0.3 is 20.3 Å². The highest BCUT2D eigenvalue weighted by atomic mass is 19.4. The van der Waals surface area contributed by atoms with E-state index in [9.17, 15) is 22.8 Å². The second-order valence-electron chi connectivity index (χ2n) is 10.4. The van der Waals surface area contributed by atoms with Crippen LogP contribution >= 0.6 is 0 Å². The van der Waals surface area contributed by atoms with E-state index >= 15 is 0 Å². The van der Waals surface area contributed by atoms with Crippen molar-refractivity contribution in [3.8, 4) is 5.75 Å². The summed E-state index contributed by atoms with van der Waals surface area (Å²) in [7, 11) is 5.61. The fourth-order valence-corrected chi connectivity index (χ4v) is 4.98. The summed E-state index contributed by atoms with van der Waals surface area (Å²) in [6.07, 6.45) is 0.741. The van der Waals surface area contributed by atoms with Crippen molar-refractivity contribution in [1.82, 2.24) is 10.2 Å². The maximum absolute atomic E-state index is 13.6. The molecule has 0 saturated heterocycles. The number of ether oxygens (including phenoxy) is 1. The number of nitrogens with zero attached hydrogens (tertiary/aromatic N) is 3. The summed E-state index contributed by atoms with van der Waals surface area (Å²) in [5.74, 6) is 0.698. The Hall–Kier alpha value is -4.13. The summed E-state index contributed by atoms with van der Waals surface area (Å²) < 4.78 is 52.8. The number of nitrogens with one attached hydrogen (secondary N) is 3. The largest absolute Gasteiger partial charge is 0.497 e. The Kier molecular flexibility index (Phi) is 9.48. The van der Waals surface area contributed by atoms with Crippen LogP contribution in [0.1, 0.15) is 42.9 Å². The molecule has 10 nitrogen and oxygen atoms in total. The highest BCUT2D eigenvalue weighted by Crippen LogP contribution is 2.34. The molecule has 4 rings (SSSR count). The second kappa shape index (κ2) is 13.0. The van der Waals surface area contributed by atoms with Crippen molar-refractivity contribution < 1.29 is 36.7 Å². The number of rotatable bonds is 9. The minimum absolute atomic E-state index is 0.0525. The maximum atomic E-state index is 13.6. The van der Waals surface area contributed by atoms with E-state index in [1.54, 1.807) is 35.1 Å². The number of anilines is 3. The van der Waals surface area contributed by atoms with Gasteiger partial charge in [-0.2, -0.15) is 13.2 Å². The van der Waals surface area contributed by atoms with Gasteiger partial charge >= 0.3 is 18.1 Å². The fraction of sp³-hybridized carbons (Fsp3) is 0.429. The van der Waals surface area contributed by atoms with E-state index in [1.165, 1.54) is 13.2 Å². The zero-order valence-electron chi connectivity index (χ0n) is 23.1. The van der Waals surface area contributed by atoms with Gasteiger partial charge in [0.15, 0.2) is 6.04 Å². The van der Waals surface area contributed by atoms with Crippen molar-refractivity contribution in [3.63, 3.8) is 0 Å². The molecule has 2 aromatic carbocycles. The van der Waals surface area contributed by atoms with Crippen LogP contribution in [0.25, 0.3) is 0 Å². The first-order chi connectivity index (χ1) is 19.5. The van der Waals surface area contributed by atoms with Gasteiger partial charge in [-0.1, -0.05) is 12.1 Å². The standard InChI is InChI=1S/C28H33F3N6O4/c1-36(2)16-18-7-9-23(10-8-18)37-17-26(41-35-37)34-27(39)33-22-14-20(28(29,30)31)13-21(15-22)32-25(38)12-19-5-4-6-24(11-19)40-3/h4-6,11,13-15,17-18,23H,7-10,12,16H2,1-3H3,(H2-,32,33,34,35,38,39)/p+1. The molecule has 41 heavy (non-hydrogen) atoms. The minimum atomic E-state index is -4.71. The first-order valence-corrected chi connectivity index (χ1v) is 13.2. The van der Waals surface area contributed by atoms with Gasteiger partial charge in [-0.25, -0.2) is 4.79 Å². The number of hydrogen-bond donors (Lipinski definition) is 3. The SMILES string of the molecule is COc1cccc(CC(=O)Nc2cc(NC(=O)Nc3c[n+](C4CCC(CN(C)C)CC4)no3)cc(C(F)(F)F)c2)c1. The number of hydrogen-bond acceptors (Lipinski definition) is 6. The van der Waals surface area contributed by atoms with Crippen LogP contribution in [-0.2, 0) is 17.4 Å². The third-order valence-corrected chi connectivity index (χ3v) is 6.83. The lowest BCUT2D eigenvalue weighted by molar-refractivity contribution is -0.787. The van der Waals surface area contributed by atoms with Gasteiger partial charge in [0, 0.05) is 30.8 Å². The van der Waals surface area contributed by atoms with Gasteiger partial charge in [0.2, 0.25) is 11.2 Å². The predicted molar refractivity (Wildman–Crippen MR) is 146 cm³/mol. The average Bonchev–Trinajstić information content (AvgIpc) is 3.36. The number of benzene rings is 2. The number of urea groups is 1. The first kappa shape index (κ1) is 29.8. The lowest BCUT2D eigenvalue weighted by Gasteiger charge is -2.26. The van der Waals surface area contributed by atoms with Crippen molar-refractivity contribution in [2.24, 2.45) is 5.92 Å². The number of carbonyl (C=O) groups is 2. The van der Waals surface area contributed by atoms with E-state index in [4.69, 9.17) is 9.26 Å². The van der Waals surface area contributed by atoms with Gasteiger partial charge in [0.05, 0.1) is 19.1 Å². The van der Waals surface area contributed by atoms with Crippen molar-refractivity contribution in [3.05, 3.63) is 59.8 Å². The van der Waals surface area contributed by atoms with E-state index in [0.717, 1.165) is 44.4 Å². The zero-order valence-corrected chi connectivity index (χ0v) is 23.1. The monoisotopic (exact) mass is 575 g/mol. The summed E-state index contributed by atoms with van der Waals surface area (Å²) in [5.41, 5.74) is -0.696. The van der Waals surface area contributed by atoms with Crippen LogP contribution in [0, 0.1) is 5.92 Å². The van der Waals surface area contributed by atoms with E-state index in [1.807, 2.05) is 0 Å². The summed E-state index contributed by atoms with van der Waals surface area (Å²) in [4.78, 5) is 27.3. The second-order valence-corrected chi connectivity index (χ2v) is 10.4. The fourth-order valence-electron chi connectivity index (χ4n) is 4.98. The number of alkyl halides is 3. The molecular weight excluding hydrogens is 541 g/mol.